The third-order valence-electron chi connectivity index (χ3n) is 7.08. The molecule has 186 valence electrons. The molecule has 1 fully saturated rings. The highest BCUT2D eigenvalue weighted by molar-refractivity contribution is 5.90. The van der Waals surface area contributed by atoms with Crippen LogP contribution in [0.3, 0.4) is 0 Å². The number of nitrogens with zero attached hydrogens (tertiary/aromatic N) is 4. The first-order chi connectivity index (χ1) is 17.5. The summed E-state index contributed by atoms with van der Waals surface area (Å²) in [5.41, 5.74) is 5.66. The monoisotopic (exact) mass is 483 g/mol. The van der Waals surface area contributed by atoms with Crippen LogP contribution in [0.4, 0.5) is 5.82 Å². The predicted molar refractivity (Wildman–Crippen MR) is 143 cm³/mol. The molecule has 1 atom stereocenters. The Hall–Kier alpha value is -3.74. The first kappa shape index (κ1) is 24.0. The molecule has 1 aliphatic carbocycles. The van der Waals surface area contributed by atoms with Gasteiger partial charge in [0.25, 0.3) is 0 Å². The van der Waals surface area contributed by atoms with Crippen LogP contribution in [0.15, 0.2) is 42.5 Å². The second kappa shape index (κ2) is 10.1. The van der Waals surface area contributed by atoms with Crippen LogP contribution in [0.1, 0.15) is 60.4 Å². The first-order valence-corrected chi connectivity index (χ1v) is 12.8. The molecular weight excluding hydrogens is 450 g/mol. The second-order valence-corrected chi connectivity index (χ2v) is 9.78. The van der Waals surface area contributed by atoms with E-state index in [1.54, 1.807) is 0 Å². The largest absolute Gasteiger partial charge is 0.493 e. The Morgan fingerprint density at radius 3 is 2.50 bits per heavy atom. The van der Waals surface area contributed by atoms with Crippen molar-refractivity contribution in [2.24, 2.45) is 5.92 Å². The number of aromatic nitrogens is 4. The first-order valence-electron chi connectivity index (χ1n) is 12.8. The van der Waals surface area contributed by atoms with E-state index in [1.165, 1.54) is 24.8 Å². The van der Waals surface area contributed by atoms with Gasteiger partial charge in [-0.1, -0.05) is 47.9 Å². The van der Waals surface area contributed by atoms with Gasteiger partial charge in [-0.05, 0) is 64.2 Å². The van der Waals surface area contributed by atoms with Crippen LogP contribution in [0.25, 0.3) is 22.6 Å². The van der Waals surface area contributed by atoms with Gasteiger partial charge in [-0.3, -0.25) is 4.79 Å². The summed E-state index contributed by atoms with van der Waals surface area (Å²) in [4.78, 5) is 25.8. The highest BCUT2D eigenvalue weighted by Crippen LogP contribution is 2.36. The molecule has 0 spiro atoms. The molecular formula is C29H33N5O2. The number of carbonyl (C=O) groups excluding carboxylic acids is 1. The number of aryl methyl sites for hydroxylation is 2. The number of hydrogen-bond donors (Lipinski definition) is 1. The number of ether oxygens (including phenoxy) is 1. The number of benzene rings is 2. The van der Waals surface area contributed by atoms with Crippen LogP contribution in [0, 0.1) is 19.8 Å². The molecule has 0 saturated heterocycles. The highest BCUT2D eigenvalue weighted by Gasteiger charge is 2.27. The normalized spacial score (nSPS) is 14.4. The van der Waals surface area contributed by atoms with E-state index in [4.69, 9.17) is 9.72 Å². The third kappa shape index (κ3) is 4.70. The molecule has 1 aliphatic rings. The van der Waals surface area contributed by atoms with Crippen molar-refractivity contribution in [1.29, 1.82) is 0 Å². The lowest BCUT2D eigenvalue weighted by molar-refractivity contribution is 0.111. The van der Waals surface area contributed by atoms with Crippen molar-refractivity contribution in [1.82, 2.24) is 19.5 Å². The fourth-order valence-electron chi connectivity index (χ4n) is 4.82. The fraction of sp³-hybridized carbons (Fsp3) is 0.379. The summed E-state index contributed by atoms with van der Waals surface area (Å²) >= 11 is 0. The minimum Gasteiger partial charge on any atom is -0.493 e. The molecule has 7 heteroatoms. The van der Waals surface area contributed by atoms with Crippen molar-refractivity contribution in [2.75, 3.05) is 11.9 Å². The lowest BCUT2D eigenvalue weighted by Crippen LogP contribution is -2.31. The molecule has 5 rings (SSSR count). The van der Waals surface area contributed by atoms with E-state index in [1.807, 2.05) is 19.1 Å². The molecule has 0 bridgehead atoms. The van der Waals surface area contributed by atoms with Gasteiger partial charge in [0.15, 0.2) is 23.6 Å². The van der Waals surface area contributed by atoms with Gasteiger partial charge in [0.05, 0.1) is 12.2 Å². The summed E-state index contributed by atoms with van der Waals surface area (Å²) < 4.78 is 8.15. The number of imidazole rings is 1. The Bertz CT molecular complexity index is 1390. The van der Waals surface area contributed by atoms with E-state index in [0.717, 1.165) is 33.8 Å². The summed E-state index contributed by atoms with van der Waals surface area (Å²) in [5.74, 6) is 2.90. The van der Waals surface area contributed by atoms with Crippen LogP contribution in [0.2, 0.25) is 0 Å². The molecule has 1 N–H and O–H groups in total. The van der Waals surface area contributed by atoms with Crippen molar-refractivity contribution in [3.63, 3.8) is 0 Å². The average Bonchev–Trinajstić information content (AvgIpc) is 3.18. The van der Waals surface area contributed by atoms with Gasteiger partial charge in [0.2, 0.25) is 0 Å². The van der Waals surface area contributed by atoms with Crippen molar-refractivity contribution >= 4 is 23.3 Å². The summed E-state index contributed by atoms with van der Waals surface area (Å²) in [6, 6.07) is 14.9. The van der Waals surface area contributed by atoms with E-state index in [2.05, 4.69) is 71.0 Å². The molecule has 0 aliphatic heterocycles. The Morgan fingerprint density at radius 2 is 1.83 bits per heavy atom. The van der Waals surface area contributed by atoms with Gasteiger partial charge < -0.3 is 14.6 Å². The minimum absolute atomic E-state index is 0.131. The van der Waals surface area contributed by atoms with Crippen LogP contribution >= 0.6 is 0 Å². The number of fused-ring (bicyclic) bond motifs is 1. The van der Waals surface area contributed by atoms with Gasteiger partial charge in [-0.15, -0.1) is 0 Å². The SMILES string of the molecule is CCOc1ccc(C)cc1-c1nc2nc(C=O)nc(N[C@H](C)C3CCC3)c2n1Cc1ccc(C)cc1. The molecule has 7 nitrogen and oxygen atoms in total. The van der Waals surface area contributed by atoms with Gasteiger partial charge >= 0.3 is 0 Å². The van der Waals surface area contributed by atoms with Gasteiger partial charge in [-0.25, -0.2) is 15.0 Å². The summed E-state index contributed by atoms with van der Waals surface area (Å²) in [6.07, 6.45) is 4.36. The number of carbonyl (C=O) groups is 1. The van der Waals surface area contributed by atoms with Crippen LogP contribution in [-0.2, 0) is 6.54 Å². The number of aldehydes is 1. The molecule has 0 radical (unpaired) electrons. The number of nitrogens with one attached hydrogen (secondary N) is 1. The number of anilines is 1. The maximum atomic E-state index is 11.8. The van der Waals surface area contributed by atoms with E-state index in [-0.39, 0.29) is 11.9 Å². The number of rotatable bonds is 9. The Labute approximate surface area is 212 Å². The lowest BCUT2D eigenvalue weighted by atomic mass is 9.80. The van der Waals surface area contributed by atoms with Gasteiger partial charge in [0.1, 0.15) is 17.1 Å². The second-order valence-electron chi connectivity index (χ2n) is 9.78. The standard InChI is InChI=1S/C29H33N5O2/c1-5-36-24-14-11-19(3)15-23(24)29-33-28-26(34(29)16-21-12-9-18(2)10-13-21)27(31-25(17-35)32-28)30-20(4)22-7-6-8-22/h9-15,17,20,22H,5-8,16H2,1-4H3,(H,30,31,32)/t20-/m1/s1. The molecule has 4 aromatic rings. The number of hydrogen-bond acceptors (Lipinski definition) is 6. The van der Waals surface area contributed by atoms with Crippen LogP contribution < -0.4 is 10.1 Å². The molecule has 36 heavy (non-hydrogen) atoms. The Kier molecular flexibility index (Phi) is 6.72. The van der Waals surface area contributed by atoms with E-state index >= 15 is 0 Å². The summed E-state index contributed by atoms with van der Waals surface area (Å²) in [5, 5.41) is 3.61. The molecule has 2 heterocycles. The van der Waals surface area contributed by atoms with Crippen molar-refractivity contribution in [3.05, 3.63) is 65.0 Å². The zero-order valence-electron chi connectivity index (χ0n) is 21.4. The topological polar surface area (TPSA) is 81.9 Å². The van der Waals surface area contributed by atoms with E-state index < -0.39 is 0 Å². The minimum atomic E-state index is 0.131. The summed E-state index contributed by atoms with van der Waals surface area (Å²) in [6.45, 7) is 9.45. The van der Waals surface area contributed by atoms with Gasteiger partial charge in [0, 0.05) is 12.6 Å². The van der Waals surface area contributed by atoms with E-state index in [9.17, 15) is 4.79 Å². The molecule has 0 unspecified atom stereocenters. The Balaban J connectivity index is 1.73. The quantitative estimate of drug-likeness (QED) is 0.295. The Morgan fingerprint density at radius 1 is 1.08 bits per heavy atom. The van der Waals surface area contributed by atoms with Crippen LogP contribution in [-0.4, -0.2) is 38.5 Å². The van der Waals surface area contributed by atoms with Crippen molar-refractivity contribution in [3.8, 4) is 17.1 Å². The zero-order chi connectivity index (χ0) is 25.2. The fourth-order valence-corrected chi connectivity index (χ4v) is 4.82. The highest BCUT2D eigenvalue weighted by atomic mass is 16.5. The van der Waals surface area contributed by atoms with Crippen molar-refractivity contribution in [2.45, 2.75) is 59.5 Å². The average molecular weight is 484 g/mol. The molecule has 0 amide bonds. The molecule has 2 aromatic carbocycles. The molecule has 1 saturated carbocycles. The third-order valence-corrected chi connectivity index (χ3v) is 7.08. The van der Waals surface area contributed by atoms with Crippen molar-refractivity contribution < 1.29 is 9.53 Å². The predicted octanol–water partition coefficient (Wildman–Crippen LogP) is 5.97. The smallest absolute Gasteiger partial charge is 0.196 e. The van der Waals surface area contributed by atoms with E-state index in [0.29, 0.717) is 36.8 Å². The van der Waals surface area contributed by atoms with Crippen LogP contribution in [0.5, 0.6) is 5.75 Å². The van der Waals surface area contributed by atoms with Gasteiger partial charge in [-0.2, -0.15) is 0 Å². The molecule has 2 aromatic heterocycles. The maximum absolute atomic E-state index is 11.8. The maximum Gasteiger partial charge on any atom is 0.196 e. The zero-order valence-corrected chi connectivity index (χ0v) is 21.4. The lowest BCUT2D eigenvalue weighted by Gasteiger charge is -2.32. The summed E-state index contributed by atoms with van der Waals surface area (Å²) in [7, 11) is 0.